The van der Waals surface area contributed by atoms with Gasteiger partial charge in [0.25, 0.3) is 0 Å². The van der Waals surface area contributed by atoms with Crippen LogP contribution in [0.3, 0.4) is 0 Å². The van der Waals surface area contributed by atoms with Crippen molar-refractivity contribution in [2.75, 3.05) is 0 Å². The maximum absolute atomic E-state index is 13.1. The summed E-state index contributed by atoms with van der Waals surface area (Å²) in [4.78, 5) is 25.4. The van der Waals surface area contributed by atoms with E-state index in [0.717, 1.165) is 30.7 Å². The topological polar surface area (TPSA) is 78.0 Å². The van der Waals surface area contributed by atoms with Crippen LogP contribution in [-0.2, 0) is 0 Å². The van der Waals surface area contributed by atoms with Crippen molar-refractivity contribution in [3.05, 3.63) is 58.0 Å². The van der Waals surface area contributed by atoms with Gasteiger partial charge >= 0.3 is 5.82 Å². The minimum Gasteiger partial charge on any atom is -0.358 e. The number of carbonyl (C=O) groups is 1. The summed E-state index contributed by atoms with van der Waals surface area (Å²) in [6.45, 7) is 1.48. The molecule has 0 aliphatic rings. The van der Waals surface area contributed by atoms with Gasteiger partial charge in [-0.3, -0.25) is 9.36 Å². The summed E-state index contributed by atoms with van der Waals surface area (Å²) in [5.41, 5.74) is -0.0206. The molecule has 1 aromatic carbocycles. The Labute approximate surface area is 111 Å². The largest absolute Gasteiger partial charge is 0.381 e. The van der Waals surface area contributed by atoms with E-state index in [1.165, 1.54) is 11.5 Å². The molecule has 2 rings (SSSR count). The number of benzene rings is 1. The molecule has 0 radical (unpaired) electrons. The van der Waals surface area contributed by atoms with Crippen molar-refractivity contribution in [1.82, 2.24) is 9.55 Å². The Balaban J connectivity index is 2.27. The molecule has 20 heavy (non-hydrogen) atoms. The van der Waals surface area contributed by atoms with Gasteiger partial charge < -0.3 is 10.1 Å². The molecule has 8 heteroatoms. The van der Waals surface area contributed by atoms with E-state index in [1.54, 1.807) is 0 Å². The number of rotatable bonds is 4. The Hall–Kier alpha value is -2.64. The second-order valence-corrected chi connectivity index (χ2v) is 4.11. The SMILES string of the molecule is CC(C(=O)c1ccc(F)c(F)c1)n1cnc([N+](=O)[O-])c1. The third-order valence-corrected chi connectivity index (χ3v) is 2.81. The van der Waals surface area contributed by atoms with Crippen molar-refractivity contribution < 1.29 is 18.5 Å². The summed E-state index contributed by atoms with van der Waals surface area (Å²) >= 11 is 0. The molecule has 0 fully saturated rings. The van der Waals surface area contributed by atoms with Crippen LogP contribution in [0.5, 0.6) is 0 Å². The van der Waals surface area contributed by atoms with E-state index >= 15 is 0 Å². The van der Waals surface area contributed by atoms with Crippen LogP contribution < -0.4 is 0 Å². The molecular formula is C12H9F2N3O3. The number of Topliss-reactive ketones (excluding diaryl/α,β-unsaturated/α-hetero) is 1. The zero-order valence-electron chi connectivity index (χ0n) is 10.3. The average Bonchev–Trinajstić information content (AvgIpc) is 2.90. The van der Waals surface area contributed by atoms with Crippen LogP contribution in [0.1, 0.15) is 23.3 Å². The molecule has 1 heterocycles. The van der Waals surface area contributed by atoms with Crippen LogP contribution in [0.4, 0.5) is 14.6 Å². The fourth-order valence-corrected chi connectivity index (χ4v) is 1.66. The van der Waals surface area contributed by atoms with Crippen molar-refractivity contribution in [2.45, 2.75) is 13.0 Å². The lowest BCUT2D eigenvalue weighted by Gasteiger charge is -2.10. The summed E-state index contributed by atoms with van der Waals surface area (Å²) in [7, 11) is 0. The highest BCUT2D eigenvalue weighted by atomic mass is 19.2. The first-order chi connectivity index (χ1) is 9.40. The second-order valence-electron chi connectivity index (χ2n) is 4.11. The number of nitro groups is 1. The second kappa shape index (κ2) is 5.16. The summed E-state index contributed by atoms with van der Waals surface area (Å²) in [5.74, 6) is -3.07. The molecule has 0 N–H and O–H groups in total. The van der Waals surface area contributed by atoms with E-state index in [4.69, 9.17) is 0 Å². The number of nitrogens with zero attached hydrogens (tertiary/aromatic N) is 3. The van der Waals surface area contributed by atoms with Gasteiger partial charge in [-0.25, -0.2) is 8.78 Å². The van der Waals surface area contributed by atoms with E-state index in [1.807, 2.05) is 0 Å². The van der Waals surface area contributed by atoms with Crippen molar-refractivity contribution in [3.8, 4) is 0 Å². The third kappa shape index (κ3) is 2.53. The van der Waals surface area contributed by atoms with Crippen molar-refractivity contribution in [1.29, 1.82) is 0 Å². The zero-order chi connectivity index (χ0) is 14.9. The molecule has 1 aromatic heterocycles. The first-order valence-electron chi connectivity index (χ1n) is 5.57. The Morgan fingerprint density at radius 1 is 1.40 bits per heavy atom. The molecular weight excluding hydrogens is 272 g/mol. The third-order valence-electron chi connectivity index (χ3n) is 2.81. The van der Waals surface area contributed by atoms with Crippen molar-refractivity contribution >= 4 is 11.6 Å². The Bertz CT molecular complexity index is 684. The predicted octanol–water partition coefficient (Wildman–Crippen LogP) is 2.51. The van der Waals surface area contributed by atoms with Gasteiger partial charge in [-0.05, 0) is 35.0 Å². The molecule has 0 spiro atoms. The molecule has 0 amide bonds. The highest BCUT2D eigenvalue weighted by molar-refractivity contribution is 5.98. The fourth-order valence-electron chi connectivity index (χ4n) is 1.66. The monoisotopic (exact) mass is 281 g/mol. The molecule has 1 atom stereocenters. The fraction of sp³-hybridized carbons (Fsp3) is 0.167. The van der Waals surface area contributed by atoms with Gasteiger partial charge in [0.2, 0.25) is 6.33 Å². The molecule has 6 nitrogen and oxygen atoms in total. The van der Waals surface area contributed by atoms with Crippen LogP contribution in [0.15, 0.2) is 30.7 Å². The van der Waals surface area contributed by atoms with Gasteiger partial charge in [0.05, 0.1) is 6.04 Å². The van der Waals surface area contributed by atoms with Crippen LogP contribution in [0, 0.1) is 21.7 Å². The summed E-state index contributed by atoms with van der Waals surface area (Å²) in [6, 6.07) is 1.98. The lowest BCUT2D eigenvalue weighted by atomic mass is 10.1. The maximum Gasteiger partial charge on any atom is 0.381 e. The van der Waals surface area contributed by atoms with Gasteiger partial charge in [-0.15, -0.1) is 0 Å². The van der Waals surface area contributed by atoms with E-state index < -0.39 is 34.2 Å². The van der Waals surface area contributed by atoms with E-state index in [-0.39, 0.29) is 5.56 Å². The molecule has 2 aromatic rings. The molecule has 104 valence electrons. The molecule has 0 aliphatic carbocycles. The Kier molecular flexibility index (Phi) is 3.55. The first kappa shape index (κ1) is 13.8. The standard InChI is InChI=1S/C12H9F2N3O3/c1-7(16-5-11(15-6-16)17(19)20)12(18)8-2-3-9(13)10(14)4-8/h2-7H,1H3. The smallest absolute Gasteiger partial charge is 0.358 e. The summed E-state index contributed by atoms with van der Waals surface area (Å²) in [6.07, 6.45) is 2.24. The van der Waals surface area contributed by atoms with Crippen LogP contribution >= 0.6 is 0 Å². The highest BCUT2D eigenvalue weighted by Gasteiger charge is 2.21. The number of hydrogen-bond acceptors (Lipinski definition) is 4. The van der Waals surface area contributed by atoms with Gasteiger partial charge in [0.15, 0.2) is 17.4 Å². The van der Waals surface area contributed by atoms with E-state index in [0.29, 0.717) is 0 Å². The number of hydrogen-bond donors (Lipinski definition) is 0. The lowest BCUT2D eigenvalue weighted by Crippen LogP contribution is -2.15. The van der Waals surface area contributed by atoms with Crippen LogP contribution in [0.2, 0.25) is 0 Å². The number of halogens is 2. The molecule has 0 saturated carbocycles. The quantitative estimate of drug-likeness (QED) is 0.490. The van der Waals surface area contributed by atoms with E-state index in [2.05, 4.69) is 4.98 Å². The van der Waals surface area contributed by atoms with Gasteiger partial charge in [-0.1, -0.05) is 0 Å². The number of carbonyl (C=O) groups excluding carboxylic acids is 1. The lowest BCUT2D eigenvalue weighted by molar-refractivity contribution is -0.389. The van der Waals surface area contributed by atoms with Crippen LogP contribution in [0.25, 0.3) is 0 Å². The minimum atomic E-state index is -1.13. The van der Waals surface area contributed by atoms with Gasteiger partial charge in [-0.2, -0.15) is 0 Å². The first-order valence-corrected chi connectivity index (χ1v) is 5.57. The number of imidazole rings is 1. The maximum atomic E-state index is 13.1. The Morgan fingerprint density at radius 2 is 2.10 bits per heavy atom. The number of aromatic nitrogens is 2. The summed E-state index contributed by atoms with van der Waals surface area (Å²) < 4.78 is 27.1. The zero-order valence-corrected chi connectivity index (χ0v) is 10.3. The molecule has 0 bridgehead atoms. The van der Waals surface area contributed by atoms with Gasteiger partial charge in [0.1, 0.15) is 6.20 Å². The Morgan fingerprint density at radius 3 is 2.65 bits per heavy atom. The van der Waals surface area contributed by atoms with Crippen molar-refractivity contribution in [2.24, 2.45) is 0 Å². The number of ketones is 1. The predicted molar refractivity (Wildman–Crippen MR) is 64.3 cm³/mol. The van der Waals surface area contributed by atoms with E-state index in [9.17, 15) is 23.7 Å². The summed E-state index contributed by atoms with van der Waals surface area (Å²) in [5, 5.41) is 10.5. The molecule has 1 unspecified atom stereocenters. The highest BCUT2D eigenvalue weighted by Crippen LogP contribution is 2.18. The molecule has 0 aliphatic heterocycles. The van der Waals surface area contributed by atoms with Gasteiger partial charge in [0, 0.05) is 5.56 Å². The van der Waals surface area contributed by atoms with Crippen LogP contribution in [-0.4, -0.2) is 20.3 Å². The molecule has 0 saturated heterocycles. The normalized spacial score (nSPS) is 12.2. The average molecular weight is 281 g/mol. The van der Waals surface area contributed by atoms with Crippen molar-refractivity contribution in [3.63, 3.8) is 0 Å². The minimum absolute atomic E-state index is 0.0206.